The van der Waals surface area contributed by atoms with Crippen molar-refractivity contribution in [3.8, 4) is 0 Å². The summed E-state index contributed by atoms with van der Waals surface area (Å²) in [5, 5.41) is 3.00. The molecule has 0 bridgehead atoms. The van der Waals surface area contributed by atoms with Crippen LogP contribution in [0.5, 0.6) is 0 Å². The van der Waals surface area contributed by atoms with E-state index in [0.717, 1.165) is 27.6 Å². The van der Waals surface area contributed by atoms with Crippen LogP contribution in [0.15, 0.2) is 39.1 Å². The summed E-state index contributed by atoms with van der Waals surface area (Å²) in [6.07, 6.45) is 1.81. The number of carbonyl (C=O) groups excluding carboxylic acids is 1. The molecule has 2 heterocycles. The molecule has 0 radical (unpaired) electrons. The molecule has 1 aliphatic rings. The van der Waals surface area contributed by atoms with Crippen molar-refractivity contribution >= 4 is 50.9 Å². The quantitative estimate of drug-likeness (QED) is 0.809. The first-order valence-electron chi connectivity index (χ1n) is 6.57. The van der Waals surface area contributed by atoms with E-state index in [2.05, 4.69) is 38.4 Å². The van der Waals surface area contributed by atoms with Gasteiger partial charge in [0.15, 0.2) is 5.13 Å². The number of nitrogens with zero attached hydrogens (tertiary/aromatic N) is 3. The highest BCUT2D eigenvalue weighted by Gasteiger charge is 2.24. The molecule has 0 spiro atoms. The van der Waals surface area contributed by atoms with E-state index in [-0.39, 0.29) is 5.91 Å². The third-order valence-electron chi connectivity index (χ3n) is 3.44. The second kappa shape index (κ2) is 6.37. The second-order valence-electron chi connectivity index (χ2n) is 4.76. The van der Waals surface area contributed by atoms with E-state index in [1.807, 2.05) is 34.7 Å². The van der Waals surface area contributed by atoms with Gasteiger partial charge in [0, 0.05) is 47.1 Å². The molecule has 1 aromatic carbocycles. The van der Waals surface area contributed by atoms with Gasteiger partial charge < -0.3 is 9.80 Å². The Kier molecular flexibility index (Phi) is 4.51. The first-order valence-corrected chi connectivity index (χ1v) is 8.69. The number of carbonyl (C=O) groups is 1. The van der Waals surface area contributed by atoms with E-state index < -0.39 is 0 Å². The second-order valence-corrected chi connectivity index (χ2v) is 7.00. The van der Waals surface area contributed by atoms with Gasteiger partial charge in [-0.05, 0) is 34.1 Å². The first-order chi connectivity index (χ1) is 10.1. The summed E-state index contributed by atoms with van der Waals surface area (Å²) in [5.41, 5.74) is 0.671. The van der Waals surface area contributed by atoms with Gasteiger partial charge in [0.05, 0.1) is 5.56 Å². The molecule has 3 rings (SSSR count). The number of hydrogen-bond acceptors (Lipinski definition) is 5. The van der Waals surface area contributed by atoms with Gasteiger partial charge in [-0.1, -0.05) is 0 Å². The fourth-order valence-corrected chi connectivity index (χ4v) is 3.64. The summed E-state index contributed by atoms with van der Waals surface area (Å²) < 4.78 is 0.813. The molecule has 1 aromatic heterocycles. The molecule has 0 saturated carbocycles. The minimum atomic E-state index is 0.0524. The molecule has 0 unspecified atom stereocenters. The van der Waals surface area contributed by atoms with E-state index in [0.29, 0.717) is 18.7 Å². The number of amides is 1. The molecule has 4 nitrogen and oxygen atoms in total. The van der Waals surface area contributed by atoms with Crippen LogP contribution in [0.3, 0.4) is 0 Å². The van der Waals surface area contributed by atoms with Crippen LogP contribution in [0.25, 0.3) is 0 Å². The summed E-state index contributed by atoms with van der Waals surface area (Å²) in [5.74, 6) is 0.0524. The highest BCUT2D eigenvalue weighted by atomic mass is 79.9. The van der Waals surface area contributed by atoms with Gasteiger partial charge in [-0.15, -0.1) is 24.0 Å². The van der Waals surface area contributed by atoms with Crippen LogP contribution < -0.4 is 4.90 Å². The van der Waals surface area contributed by atoms with Gasteiger partial charge in [-0.25, -0.2) is 4.98 Å². The van der Waals surface area contributed by atoms with Gasteiger partial charge in [0.1, 0.15) is 0 Å². The van der Waals surface area contributed by atoms with Gasteiger partial charge >= 0.3 is 0 Å². The van der Waals surface area contributed by atoms with Crippen molar-refractivity contribution in [3.05, 3.63) is 39.8 Å². The Labute approximate surface area is 141 Å². The standard InChI is InChI=1S/C14H14BrN3OS2/c15-12-2-1-10(20)9-11(12)13(19)17-4-6-18(7-5-17)14-16-3-8-21-14/h1-3,8-9,20H,4-7H2. The fourth-order valence-electron chi connectivity index (χ4n) is 2.32. The van der Waals surface area contributed by atoms with Gasteiger partial charge in [0.25, 0.3) is 5.91 Å². The summed E-state index contributed by atoms with van der Waals surface area (Å²) in [6, 6.07) is 5.54. The lowest BCUT2D eigenvalue weighted by Gasteiger charge is -2.34. The van der Waals surface area contributed by atoms with Crippen molar-refractivity contribution in [2.45, 2.75) is 4.90 Å². The highest BCUT2D eigenvalue weighted by molar-refractivity contribution is 9.10. The largest absolute Gasteiger partial charge is 0.345 e. The van der Waals surface area contributed by atoms with Crippen LogP contribution >= 0.6 is 39.9 Å². The van der Waals surface area contributed by atoms with Crippen molar-refractivity contribution in [1.29, 1.82) is 0 Å². The molecule has 1 fully saturated rings. The number of aromatic nitrogens is 1. The molecular weight excluding hydrogens is 370 g/mol. The molecule has 110 valence electrons. The van der Waals surface area contributed by atoms with E-state index >= 15 is 0 Å². The minimum absolute atomic E-state index is 0.0524. The maximum atomic E-state index is 12.6. The molecule has 7 heteroatoms. The molecule has 2 aromatic rings. The molecule has 21 heavy (non-hydrogen) atoms. The van der Waals surface area contributed by atoms with E-state index in [4.69, 9.17) is 0 Å². The molecule has 1 saturated heterocycles. The molecule has 1 amide bonds. The zero-order chi connectivity index (χ0) is 14.8. The number of thiol groups is 1. The Morgan fingerprint density at radius 3 is 2.71 bits per heavy atom. The van der Waals surface area contributed by atoms with Crippen LogP contribution in [-0.4, -0.2) is 42.0 Å². The van der Waals surface area contributed by atoms with Crippen molar-refractivity contribution in [3.63, 3.8) is 0 Å². The van der Waals surface area contributed by atoms with Gasteiger partial charge in [-0.2, -0.15) is 0 Å². The molecule has 0 atom stereocenters. The lowest BCUT2D eigenvalue weighted by Crippen LogP contribution is -2.48. The monoisotopic (exact) mass is 383 g/mol. The Bertz CT molecular complexity index is 640. The van der Waals surface area contributed by atoms with Gasteiger partial charge in [0.2, 0.25) is 0 Å². The van der Waals surface area contributed by atoms with Crippen LogP contribution in [0, 0.1) is 0 Å². The fraction of sp³-hybridized carbons (Fsp3) is 0.286. The topological polar surface area (TPSA) is 36.4 Å². The molecule has 0 N–H and O–H groups in total. The summed E-state index contributed by atoms with van der Waals surface area (Å²) in [6.45, 7) is 3.05. The Morgan fingerprint density at radius 2 is 2.05 bits per heavy atom. The highest BCUT2D eigenvalue weighted by Crippen LogP contribution is 2.24. The Morgan fingerprint density at radius 1 is 1.29 bits per heavy atom. The predicted octanol–water partition coefficient (Wildman–Crippen LogP) is 3.16. The summed E-state index contributed by atoms with van der Waals surface area (Å²) >= 11 is 9.38. The van der Waals surface area contributed by atoms with Crippen molar-refractivity contribution in [2.24, 2.45) is 0 Å². The first kappa shape index (κ1) is 14.9. The third-order valence-corrected chi connectivity index (χ3v) is 5.24. The number of benzene rings is 1. The van der Waals surface area contributed by atoms with Crippen LogP contribution in [0.4, 0.5) is 5.13 Å². The van der Waals surface area contributed by atoms with Gasteiger partial charge in [-0.3, -0.25) is 4.79 Å². The number of piperazine rings is 1. The molecular formula is C14H14BrN3OS2. The average Bonchev–Trinajstić information content (AvgIpc) is 3.03. The average molecular weight is 384 g/mol. The van der Waals surface area contributed by atoms with Crippen LogP contribution in [0.2, 0.25) is 0 Å². The van der Waals surface area contributed by atoms with E-state index in [9.17, 15) is 4.79 Å². The predicted molar refractivity (Wildman–Crippen MR) is 91.6 cm³/mol. The number of anilines is 1. The Hall–Kier alpha value is -1.05. The SMILES string of the molecule is O=C(c1cc(S)ccc1Br)N1CCN(c2nccs2)CC1. The van der Waals surface area contributed by atoms with Crippen LogP contribution in [0.1, 0.15) is 10.4 Å². The normalized spacial score (nSPS) is 15.3. The maximum Gasteiger partial charge on any atom is 0.255 e. The van der Waals surface area contributed by atoms with Crippen molar-refractivity contribution in [2.75, 3.05) is 31.1 Å². The molecule has 0 aliphatic carbocycles. The smallest absolute Gasteiger partial charge is 0.255 e. The Balaban J connectivity index is 1.69. The van der Waals surface area contributed by atoms with E-state index in [1.165, 1.54) is 0 Å². The molecule has 1 aliphatic heterocycles. The maximum absolute atomic E-state index is 12.6. The summed E-state index contributed by atoms with van der Waals surface area (Å²) in [4.78, 5) is 21.8. The number of halogens is 1. The summed E-state index contributed by atoms with van der Waals surface area (Å²) in [7, 11) is 0. The third kappa shape index (κ3) is 3.25. The number of rotatable bonds is 2. The number of hydrogen-bond donors (Lipinski definition) is 1. The van der Waals surface area contributed by atoms with Crippen molar-refractivity contribution in [1.82, 2.24) is 9.88 Å². The lowest BCUT2D eigenvalue weighted by molar-refractivity contribution is 0.0745. The lowest BCUT2D eigenvalue weighted by atomic mass is 10.2. The van der Waals surface area contributed by atoms with Crippen molar-refractivity contribution < 1.29 is 4.79 Å². The minimum Gasteiger partial charge on any atom is -0.345 e. The zero-order valence-electron chi connectivity index (χ0n) is 11.2. The zero-order valence-corrected chi connectivity index (χ0v) is 14.5. The number of thiazole rings is 1. The van der Waals surface area contributed by atoms with Crippen LogP contribution in [-0.2, 0) is 0 Å². The van der Waals surface area contributed by atoms with E-state index in [1.54, 1.807) is 11.3 Å².